The minimum absolute atomic E-state index is 0.00315. The maximum absolute atomic E-state index is 12.4. The lowest BCUT2D eigenvalue weighted by atomic mass is 10.0. The van der Waals surface area contributed by atoms with Crippen LogP contribution in [0.2, 0.25) is 0 Å². The third kappa shape index (κ3) is 32.4. The van der Waals surface area contributed by atoms with Crippen molar-refractivity contribution in [1.82, 2.24) is 0 Å². The third-order valence-electron chi connectivity index (χ3n) is 7.45. The predicted molar refractivity (Wildman–Crippen MR) is 173 cm³/mol. The Morgan fingerprint density at radius 1 is 0.682 bits per heavy atom. The Morgan fingerprint density at radius 2 is 1.16 bits per heavy atom. The van der Waals surface area contributed by atoms with Gasteiger partial charge in [-0.15, -0.1) is 0 Å². The van der Waals surface area contributed by atoms with Gasteiger partial charge in [-0.25, -0.2) is 0 Å². The molecule has 0 amide bonds. The molecule has 0 aromatic carbocycles. The number of phosphoric acid groups is 1. The van der Waals surface area contributed by atoms with Gasteiger partial charge in [-0.2, -0.15) is 0 Å². The molecule has 0 aromatic heterocycles. The van der Waals surface area contributed by atoms with Crippen molar-refractivity contribution in [3.8, 4) is 0 Å². The van der Waals surface area contributed by atoms with Crippen molar-refractivity contribution in [3.05, 3.63) is 0 Å². The Labute approximate surface area is 268 Å². The fourth-order valence-corrected chi connectivity index (χ4v) is 5.42. The molecule has 0 spiro atoms. The second-order valence-electron chi connectivity index (χ2n) is 13.0. The number of unbranched alkanes of at least 4 members (excludes halogenated alkanes) is 17. The number of likely N-dealkylation sites (N-methyl/N-ethyl adjacent to an activating group) is 1. The maximum Gasteiger partial charge on any atom is 0.306 e. The lowest BCUT2D eigenvalue weighted by Gasteiger charge is -2.28. The van der Waals surface area contributed by atoms with Gasteiger partial charge in [-0.1, -0.05) is 110 Å². The van der Waals surface area contributed by atoms with Crippen LogP contribution in [0.3, 0.4) is 0 Å². The van der Waals surface area contributed by atoms with E-state index in [1.165, 1.54) is 77.0 Å². The van der Waals surface area contributed by atoms with Crippen molar-refractivity contribution >= 4 is 19.8 Å². The monoisotopic (exact) mass is 651 g/mol. The number of nitrogens with zero attached hydrogens (tertiary/aromatic N) is 1. The number of carboxylic acids is 1. The first kappa shape index (κ1) is 43.0. The molecule has 11 heteroatoms. The molecule has 10 nitrogen and oxygen atoms in total. The van der Waals surface area contributed by atoms with Crippen LogP contribution in [0.5, 0.6) is 0 Å². The first-order valence-corrected chi connectivity index (χ1v) is 18.8. The van der Waals surface area contributed by atoms with E-state index < -0.39 is 25.9 Å². The number of quaternary nitrogens is 1. The standard InChI is InChI=1S/C33H66NO9P/c1-5-6-7-8-9-10-11-12-13-14-15-16-20-23-27-40-29-31(30-42-44(38,39)41-28-26-34(2,3)4)43-33(37)25-22-19-17-18-21-24-32(35)36/h31H,5-30H2,1-4H3,(H-,35,36,38,39). The van der Waals surface area contributed by atoms with Crippen molar-refractivity contribution in [2.75, 3.05) is 54.1 Å². The molecule has 0 heterocycles. The molecule has 262 valence electrons. The van der Waals surface area contributed by atoms with E-state index in [1.807, 2.05) is 21.1 Å². The first-order valence-electron chi connectivity index (χ1n) is 17.3. The zero-order chi connectivity index (χ0) is 32.9. The van der Waals surface area contributed by atoms with Gasteiger partial charge < -0.3 is 33.0 Å². The average Bonchev–Trinajstić information content (AvgIpc) is 2.94. The molecule has 1 N–H and O–H groups in total. The van der Waals surface area contributed by atoms with Crippen molar-refractivity contribution < 1.29 is 47.2 Å². The van der Waals surface area contributed by atoms with E-state index in [9.17, 15) is 19.0 Å². The summed E-state index contributed by atoms with van der Waals surface area (Å²) in [6.45, 7) is 2.95. The molecular weight excluding hydrogens is 585 g/mol. The van der Waals surface area contributed by atoms with E-state index in [1.54, 1.807) is 0 Å². The van der Waals surface area contributed by atoms with Gasteiger partial charge >= 0.3 is 11.9 Å². The predicted octanol–water partition coefficient (Wildman–Crippen LogP) is 7.42. The third-order valence-corrected chi connectivity index (χ3v) is 8.41. The molecule has 0 aromatic rings. The van der Waals surface area contributed by atoms with Crippen LogP contribution < -0.4 is 4.89 Å². The molecule has 0 aliphatic rings. The van der Waals surface area contributed by atoms with Crippen molar-refractivity contribution in [2.45, 2.75) is 148 Å². The number of hydrogen-bond acceptors (Lipinski definition) is 8. The van der Waals surface area contributed by atoms with Gasteiger partial charge in [-0.3, -0.25) is 14.2 Å². The van der Waals surface area contributed by atoms with E-state index in [0.29, 0.717) is 30.5 Å². The Balaban J connectivity index is 4.26. The van der Waals surface area contributed by atoms with Crippen LogP contribution in [-0.2, 0) is 32.7 Å². The van der Waals surface area contributed by atoms with E-state index in [0.717, 1.165) is 32.1 Å². The highest BCUT2D eigenvalue weighted by molar-refractivity contribution is 7.45. The summed E-state index contributed by atoms with van der Waals surface area (Å²) in [6.07, 6.45) is 21.0. The minimum Gasteiger partial charge on any atom is -0.756 e. The Hall–Kier alpha value is -1.03. The molecule has 2 atom stereocenters. The zero-order valence-electron chi connectivity index (χ0n) is 28.6. The molecule has 0 saturated carbocycles. The molecule has 0 aliphatic heterocycles. The smallest absolute Gasteiger partial charge is 0.306 e. The van der Waals surface area contributed by atoms with Gasteiger partial charge in [0.2, 0.25) is 0 Å². The summed E-state index contributed by atoms with van der Waals surface area (Å²) >= 11 is 0. The van der Waals surface area contributed by atoms with E-state index in [2.05, 4.69) is 6.92 Å². The van der Waals surface area contributed by atoms with Gasteiger partial charge in [0.25, 0.3) is 7.82 Å². The van der Waals surface area contributed by atoms with Gasteiger partial charge in [0.1, 0.15) is 19.3 Å². The average molecular weight is 652 g/mol. The van der Waals surface area contributed by atoms with Gasteiger partial charge in [0, 0.05) is 19.4 Å². The highest BCUT2D eigenvalue weighted by Crippen LogP contribution is 2.38. The number of carbonyl (C=O) groups excluding carboxylic acids is 1. The van der Waals surface area contributed by atoms with Crippen molar-refractivity contribution in [3.63, 3.8) is 0 Å². The van der Waals surface area contributed by atoms with Crippen molar-refractivity contribution in [2.24, 2.45) is 0 Å². The number of carboxylic acid groups (broad SMARTS) is 1. The lowest BCUT2D eigenvalue weighted by molar-refractivity contribution is -0.870. The van der Waals surface area contributed by atoms with Crippen LogP contribution in [0.25, 0.3) is 0 Å². The topological polar surface area (TPSA) is 131 Å². The highest BCUT2D eigenvalue weighted by Gasteiger charge is 2.20. The molecule has 0 fully saturated rings. The van der Waals surface area contributed by atoms with Crippen LogP contribution in [0, 0.1) is 0 Å². The normalized spacial score (nSPS) is 13.9. The fraction of sp³-hybridized carbons (Fsp3) is 0.939. The quantitative estimate of drug-likeness (QED) is 0.0333. The van der Waals surface area contributed by atoms with Crippen LogP contribution in [0.1, 0.15) is 142 Å². The Bertz CT molecular complexity index is 745. The lowest BCUT2D eigenvalue weighted by Crippen LogP contribution is -2.37. The SMILES string of the molecule is CCCCCCCCCCCCCCCCOCC(COP(=O)([O-])OCC[N+](C)(C)C)OC(=O)CCCCCCCC(=O)O. The molecule has 0 aliphatic carbocycles. The summed E-state index contributed by atoms with van der Waals surface area (Å²) in [7, 11) is 1.25. The summed E-state index contributed by atoms with van der Waals surface area (Å²) in [5, 5.41) is 8.70. The van der Waals surface area contributed by atoms with Crippen LogP contribution >= 0.6 is 7.82 Å². The molecule has 0 rings (SSSR count). The number of esters is 1. The number of aliphatic carboxylic acids is 1. The summed E-state index contributed by atoms with van der Waals surface area (Å²) in [5.41, 5.74) is 0. The summed E-state index contributed by atoms with van der Waals surface area (Å²) in [5.74, 6) is -1.23. The largest absolute Gasteiger partial charge is 0.756 e. The summed E-state index contributed by atoms with van der Waals surface area (Å²) < 4.78 is 34.0. The number of rotatable bonds is 33. The highest BCUT2D eigenvalue weighted by atomic mass is 31.2. The number of carbonyl (C=O) groups is 2. The van der Waals surface area contributed by atoms with Crippen LogP contribution in [0.15, 0.2) is 0 Å². The van der Waals surface area contributed by atoms with E-state index in [-0.39, 0.29) is 32.7 Å². The van der Waals surface area contributed by atoms with E-state index >= 15 is 0 Å². The molecule has 0 saturated heterocycles. The van der Waals surface area contributed by atoms with Crippen molar-refractivity contribution in [1.29, 1.82) is 0 Å². The summed E-state index contributed by atoms with van der Waals surface area (Å²) in [4.78, 5) is 35.2. The van der Waals surface area contributed by atoms with E-state index in [4.69, 9.17) is 23.6 Å². The molecular formula is C33H66NO9P. The number of hydrogen-bond donors (Lipinski definition) is 1. The Morgan fingerprint density at radius 3 is 1.66 bits per heavy atom. The molecule has 0 bridgehead atoms. The van der Waals surface area contributed by atoms with Gasteiger partial charge in [-0.05, 0) is 19.3 Å². The number of ether oxygens (including phenoxy) is 2. The summed E-state index contributed by atoms with van der Waals surface area (Å²) in [6, 6.07) is 0. The zero-order valence-corrected chi connectivity index (χ0v) is 29.5. The molecule has 2 unspecified atom stereocenters. The Kier molecular flexibility index (Phi) is 27.6. The molecule has 0 radical (unpaired) electrons. The first-order chi connectivity index (χ1) is 20.9. The van der Waals surface area contributed by atoms with Gasteiger partial charge in [0.15, 0.2) is 0 Å². The van der Waals surface area contributed by atoms with Gasteiger partial charge in [0.05, 0.1) is 34.4 Å². The second-order valence-corrected chi connectivity index (χ2v) is 14.4. The minimum atomic E-state index is -4.54. The fourth-order valence-electron chi connectivity index (χ4n) is 4.69. The second kappa shape index (κ2) is 28.2. The molecule has 44 heavy (non-hydrogen) atoms. The van der Waals surface area contributed by atoms with Crippen LogP contribution in [-0.4, -0.2) is 81.7 Å². The maximum atomic E-state index is 12.4. The number of phosphoric ester groups is 1. The van der Waals surface area contributed by atoms with Crippen LogP contribution in [0.4, 0.5) is 0 Å².